The van der Waals surface area contributed by atoms with Crippen molar-refractivity contribution in [1.82, 2.24) is 5.32 Å². The third kappa shape index (κ3) is 17.3. The van der Waals surface area contributed by atoms with Gasteiger partial charge in [-0.1, -0.05) is 36.4 Å². The summed E-state index contributed by atoms with van der Waals surface area (Å²) in [5.74, 6) is -1.46. The molecule has 0 bridgehead atoms. The molecule has 62 heavy (non-hydrogen) atoms. The first-order valence-corrected chi connectivity index (χ1v) is 21.6. The molecule has 5 N–H and O–H groups in total. The van der Waals surface area contributed by atoms with E-state index in [9.17, 15) is 28.8 Å². The molecule has 2 fully saturated rings. The number of aldehydes is 1. The van der Waals surface area contributed by atoms with Crippen LogP contribution in [0.25, 0.3) is 20.2 Å². The number of aliphatic hydroxyl groups excluding tert-OH is 1. The number of ether oxygens (including phenoxy) is 2. The SMILES string of the molecule is CC(=O)/C=C(\C)N.CC(=O)O.CC(C)O.COC(=O)C1=C(C2CC2)NC(C)=C(C(C)=O)C1c1csc2ccccc12.COC(=O)CC(=O)C1CC1.O=Cc1csc2ccccc12. The number of nitrogens with one attached hydrogen (secondary N) is 1. The molecule has 3 aliphatic rings. The monoisotopic (exact) mass is 890 g/mol. The fourth-order valence-corrected chi connectivity index (χ4v) is 7.95. The van der Waals surface area contributed by atoms with E-state index in [1.807, 2.05) is 48.7 Å². The van der Waals surface area contributed by atoms with Gasteiger partial charge in [-0.15, -0.1) is 22.7 Å². The van der Waals surface area contributed by atoms with Gasteiger partial charge in [-0.25, -0.2) is 4.79 Å². The second-order valence-electron chi connectivity index (χ2n) is 14.8. The maximum Gasteiger partial charge on any atom is 0.336 e. The van der Waals surface area contributed by atoms with E-state index in [2.05, 4.69) is 27.6 Å². The number of rotatable bonds is 9. The Hall–Kier alpha value is -5.77. The summed E-state index contributed by atoms with van der Waals surface area (Å²) in [7, 11) is 2.70. The summed E-state index contributed by atoms with van der Waals surface area (Å²) in [6.07, 6.45) is 6.11. The number of hydrogen-bond acceptors (Lipinski definition) is 14. The van der Waals surface area contributed by atoms with Crippen molar-refractivity contribution in [2.75, 3.05) is 14.2 Å². The summed E-state index contributed by atoms with van der Waals surface area (Å²) < 4.78 is 11.8. The van der Waals surface area contributed by atoms with Gasteiger partial charge in [0.05, 0.1) is 19.8 Å². The molecular formula is C47H58N2O11S2. The molecule has 1 atom stereocenters. The van der Waals surface area contributed by atoms with Crippen LogP contribution in [-0.4, -0.2) is 72.1 Å². The average molecular weight is 891 g/mol. The van der Waals surface area contributed by atoms with Gasteiger partial charge in [-0.2, -0.15) is 0 Å². The maximum absolute atomic E-state index is 12.8. The van der Waals surface area contributed by atoms with Crippen molar-refractivity contribution < 1.29 is 53.2 Å². The number of esters is 2. The number of carbonyl (C=O) groups excluding carboxylic acids is 6. The highest BCUT2D eigenvalue weighted by atomic mass is 32.1. The van der Waals surface area contributed by atoms with Crippen LogP contribution in [0.5, 0.6) is 0 Å². The molecule has 334 valence electrons. The molecule has 1 unspecified atom stereocenters. The van der Waals surface area contributed by atoms with Crippen LogP contribution < -0.4 is 11.1 Å². The van der Waals surface area contributed by atoms with Crippen LogP contribution in [0.4, 0.5) is 0 Å². The number of benzene rings is 2. The number of Topliss-reactive ketones (excluding diaryl/α,β-unsaturated/α-hetero) is 2. The lowest BCUT2D eigenvalue weighted by Crippen LogP contribution is -2.32. The second-order valence-corrected chi connectivity index (χ2v) is 16.7. The summed E-state index contributed by atoms with van der Waals surface area (Å²) in [4.78, 5) is 76.3. The molecule has 2 aromatic carbocycles. The molecule has 2 aromatic heterocycles. The number of ketones is 3. The van der Waals surface area contributed by atoms with Gasteiger partial charge in [-0.3, -0.25) is 28.8 Å². The summed E-state index contributed by atoms with van der Waals surface area (Å²) in [6.45, 7) is 11.2. The van der Waals surface area contributed by atoms with Gasteiger partial charge in [0.15, 0.2) is 17.9 Å². The Morgan fingerprint density at radius 3 is 1.79 bits per heavy atom. The van der Waals surface area contributed by atoms with Crippen molar-refractivity contribution in [2.24, 2.45) is 17.6 Å². The highest BCUT2D eigenvalue weighted by molar-refractivity contribution is 7.17. The van der Waals surface area contributed by atoms with Crippen molar-refractivity contribution in [1.29, 1.82) is 0 Å². The Morgan fingerprint density at radius 1 is 0.839 bits per heavy atom. The Kier molecular flexibility index (Phi) is 21.9. The molecule has 13 nitrogen and oxygen atoms in total. The minimum Gasteiger partial charge on any atom is -0.481 e. The van der Waals surface area contributed by atoms with Gasteiger partial charge in [-0.05, 0) is 108 Å². The molecule has 0 amide bonds. The van der Waals surface area contributed by atoms with Crippen LogP contribution in [0.15, 0.2) is 93.6 Å². The van der Waals surface area contributed by atoms with E-state index in [1.165, 1.54) is 31.9 Å². The van der Waals surface area contributed by atoms with Gasteiger partial charge < -0.3 is 30.7 Å². The van der Waals surface area contributed by atoms with Crippen molar-refractivity contribution >= 4 is 84.4 Å². The Balaban J connectivity index is 0.000000304. The zero-order chi connectivity index (χ0) is 46.7. The number of dihydropyridines is 1. The van der Waals surface area contributed by atoms with Crippen LogP contribution in [-0.2, 0) is 38.2 Å². The molecule has 1 aliphatic heterocycles. The largest absolute Gasteiger partial charge is 0.481 e. The molecule has 7 rings (SSSR count). The number of hydrogen-bond donors (Lipinski definition) is 4. The highest BCUT2D eigenvalue weighted by Gasteiger charge is 2.42. The van der Waals surface area contributed by atoms with Gasteiger partial charge in [0.25, 0.3) is 5.97 Å². The molecule has 0 radical (unpaired) electrons. The standard InChI is InChI=1S/C21H21NO3S.C9H6OS.C7H10O3.C5H9NO.C3H8O.C2H4O2/c1-11-17(12(2)23)18(15-10-26-16-7-5-4-6-14(15)16)19(21(24)25-3)20(22-11)13-8-9-13;10-5-7-6-11-9-4-2-1-3-8(7)9;1-10-7(9)4-6(8)5-2-3-5;1-4(6)3-5(2)7;1-3(2)4;1-2(3)4/h4-7,10,13,18,22H,8-9H2,1-3H3;1-6H;5H,2-4H2,1H3;3H,6H2,1-2H3;3-4H,1-2H3;1H3,(H,3,4)/b;;;4-3+;;. The first-order valence-electron chi connectivity index (χ1n) is 19.9. The summed E-state index contributed by atoms with van der Waals surface area (Å²) in [6, 6.07) is 16.0. The zero-order valence-corrected chi connectivity index (χ0v) is 38.4. The lowest BCUT2D eigenvalue weighted by molar-refractivity contribution is -0.144. The van der Waals surface area contributed by atoms with E-state index in [-0.39, 0.29) is 47.7 Å². The molecule has 15 heteroatoms. The number of methoxy groups -OCH3 is 2. The number of thiophene rings is 2. The van der Waals surface area contributed by atoms with Gasteiger partial charge in [0.2, 0.25) is 0 Å². The summed E-state index contributed by atoms with van der Waals surface area (Å²) >= 11 is 3.25. The van der Waals surface area contributed by atoms with Crippen molar-refractivity contribution in [3.8, 4) is 0 Å². The van der Waals surface area contributed by atoms with E-state index >= 15 is 0 Å². The number of aliphatic hydroxyl groups is 1. The number of fused-ring (bicyclic) bond motifs is 2. The van der Waals surface area contributed by atoms with E-state index < -0.39 is 11.9 Å². The first-order chi connectivity index (χ1) is 29.3. The van der Waals surface area contributed by atoms with Crippen LogP contribution in [0.3, 0.4) is 0 Å². The van der Waals surface area contributed by atoms with E-state index in [0.717, 1.165) is 76.9 Å². The number of aliphatic carboxylic acids is 1. The average Bonchev–Trinajstić information content (AvgIpc) is 4.14. The highest BCUT2D eigenvalue weighted by Crippen LogP contribution is 2.48. The third-order valence-corrected chi connectivity index (χ3v) is 10.8. The molecule has 0 saturated heterocycles. The first kappa shape index (κ1) is 52.4. The number of carboxylic acid groups (broad SMARTS) is 1. The van der Waals surface area contributed by atoms with Crippen molar-refractivity contribution in [2.45, 2.75) is 92.6 Å². The van der Waals surface area contributed by atoms with Gasteiger partial charge in [0.1, 0.15) is 12.2 Å². The number of allylic oxidation sites excluding steroid dienone is 5. The molecule has 3 heterocycles. The van der Waals surface area contributed by atoms with Crippen LogP contribution in [0.2, 0.25) is 0 Å². The Labute approximate surface area is 370 Å². The summed E-state index contributed by atoms with van der Waals surface area (Å²) in [5.41, 5.74) is 10.5. The van der Waals surface area contributed by atoms with Crippen LogP contribution >= 0.6 is 22.7 Å². The van der Waals surface area contributed by atoms with E-state index in [1.54, 1.807) is 50.4 Å². The van der Waals surface area contributed by atoms with E-state index in [4.69, 9.17) is 25.5 Å². The smallest absolute Gasteiger partial charge is 0.336 e. The minimum absolute atomic E-state index is 0.000000000000000444. The van der Waals surface area contributed by atoms with Crippen LogP contribution in [0, 0.1) is 11.8 Å². The van der Waals surface area contributed by atoms with Crippen molar-refractivity contribution in [3.05, 3.63) is 105 Å². The molecule has 2 saturated carbocycles. The predicted molar refractivity (Wildman–Crippen MR) is 244 cm³/mol. The fourth-order valence-electron chi connectivity index (χ4n) is 6.06. The van der Waals surface area contributed by atoms with Gasteiger partial charge >= 0.3 is 11.9 Å². The van der Waals surface area contributed by atoms with Gasteiger partial charge in [0, 0.05) is 73.3 Å². The third-order valence-electron chi connectivity index (χ3n) is 8.83. The Bertz CT molecular complexity index is 2300. The molecule has 0 spiro atoms. The maximum atomic E-state index is 12.8. The molecule has 4 aromatic rings. The number of nitrogens with two attached hydrogens (primary N) is 1. The van der Waals surface area contributed by atoms with Crippen molar-refractivity contribution in [3.63, 3.8) is 0 Å². The molecule has 2 aliphatic carbocycles. The van der Waals surface area contributed by atoms with Crippen LogP contribution in [0.1, 0.15) is 102 Å². The topological polar surface area (TPSA) is 216 Å². The lowest BCUT2D eigenvalue weighted by atomic mass is 9.78. The quantitative estimate of drug-likeness (QED) is 0.0538. The number of carboxylic acids is 1. The zero-order valence-electron chi connectivity index (χ0n) is 36.7. The fraction of sp³-hybridized carbons (Fsp3) is 0.383. The number of carbonyl (C=O) groups is 7. The summed E-state index contributed by atoms with van der Waals surface area (Å²) in [5, 5.41) is 24.9. The predicted octanol–water partition coefficient (Wildman–Crippen LogP) is 8.45. The molecular weight excluding hydrogens is 833 g/mol. The lowest BCUT2D eigenvalue weighted by Gasteiger charge is -2.31. The normalized spacial score (nSPS) is 15.3. The Morgan fingerprint density at radius 2 is 1.35 bits per heavy atom. The van der Waals surface area contributed by atoms with E-state index in [0.29, 0.717) is 22.8 Å². The second kappa shape index (κ2) is 25.9. The minimum atomic E-state index is -0.833.